The molecule has 0 aliphatic carbocycles. The van der Waals surface area contributed by atoms with Crippen LogP contribution in [0.2, 0.25) is 0 Å². The summed E-state index contributed by atoms with van der Waals surface area (Å²) in [5.74, 6) is -1.00. The lowest BCUT2D eigenvalue weighted by atomic mass is 10.1. The summed E-state index contributed by atoms with van der Waals surface area (Å²) in [6.07, 6.45) is 1.88. The minimum atomic E-state index is -1.00. The molecular formula is C12H12N2O2S. The molecular weight excluding hydrogens is 236 g/mol. The fourth-order valence-electron chi connectivity index (χ4n) is 1.74. The molecule has 88 valence electrons. The summed E-state index contributed by atoms with van der Waals surface area (Å²) in [5, 5.41) is 9.87. The van der Waals surface area contributed by atoms with Crippen molar-refractivity contribution in [3.8, 4) is 11.3 Å². The van der Waals surface area contributed by atoms with Gasteiger partial charge in [-0.05, 0) is 6.26 Å². The molecule has 0 radical (unpaired) electrons. The molecule has 1 aromatic carbocycles. The number of carboxylic acids is 1. The van der Waals surface area contributed by atoms with E-state index in [1.165, 1.54) is 11.8 Å². The predicted molar refractivity (Wildman–Crippen MR) is 67.4 cm³/mol. The third kappa shape index (κ3) is 2.06. The van der Waals surface area contributed by atoms with E-state index in [4.69, 9.17) is 0 Å². The molecule has 17 heavy (non-hydrogen) atoms. The van der Waals surface area contributed by atoms with Gasteiger partial charge in [0.05, 0.1) is 5.69 Å². The van der Waals surface area contributed by atoms with Crippen molar-refractivity contribution in [1.82, 2.24) is 9.55 Å². The van der Waals surface area contributed by atoms with Crippen LogP contribution in [0, 0.1) is 0 Å². The topological polar surface area (TPSA) is 55.1 Å². The summed E-state index contributed by atoms with van der Waals surface area (Å²) in [5.41, 5.74) is 1.60. The Hall–Kier alpha value is -1.75. The second kappa shape index (κ2) is 4.63. The predicted octanol–water partition coefficient (Wildman–Crippen LogP) is 2.51. The summed E-state index contributed by atoms with van der Waals surface area (Å²) in [4.78, 5) is 15.3. The second-order valence-electron chi connectivity index (χ2n) is 3.53. The standard InChI is InChI=1S/C12H12N2O2S/c1-14-10(8-6-4-3-5-7-8)9(11(15)16)13-12(14)17-2/h3-7H,1-2H3,(H,15,16). The van der Waals surface area contributed by atoms with Gasteiger partial charge in [-0.3, -0.25) is 0 Å². The van der Waals surface area contributed by atoms with E-state index in [1.807, 2.05) is 48.2 Å². The molecule has 0 spiro atoms. The van der Waals surface area contributed by atoms with Crippen molar-refractivity contribution in [2.75, 3.05) is 6.26 Å². The molecule has 0 bridgehead atoms. The van der Waals surface area contributed by atoms with Crippen LogP contribution < -0.4 is 0 Å². The zero-order valence-electron chi connectivity index (χ0n) is 9.54. The van der Waals surface area contributed by atoms with Gasteiger partial charge in [0.25, 0.3) is 0 Å². The highest BCUT2D eigenvalue weighted by Crippen LogP contribution is 2.27. The van der Waals surface area contributed by atoms with Gasteiger partial charge in [0.2, 0.25) is 0 Å². The number of carboxylic acid groups (broad SMARTS) is 1. The highest BCUT2D eigenvalue weighted by molar-refractivity contribution is 7.98. The van der Waals surface area contributed by atoms with E-state index in [9.17, 15) is 9.90 Å². The lowest BCUT2D eigenvalue weighted by molar-refractivity contribution is 0.0691. The van der Waals surface area contributed by atoms with Gasteiger partial charge in [-0.25, -0.2) is 9.78 Å². The number of carbonyl (C=O) groups is 1. The van der Waals surface area contributed by atoms with Gasteiger partial charge in [-0.2, -0.15) is 0 Å². The first-order valence-corrected chi connectivity index (χ1v) is 6.27. The maximum Gasteiger partial charge on any atom is 0.356 e. The number of hydrogen-bond acceptors (Lipinski definition) is 3. The van der Waals surface area contributed by atoms with Crippen LogP contribution in [0.3, 0.4) is 0 Å². The molecule has 0 unspecified atom stereocenters. The van der Waals surface area contributed by atoms with E-state index < -0.39 is 5.97 Å². The largest absolute Gasteiger partial charge is 0.476 e. The molecule has 1 aromatic heterocycles. The highest BCUT2D eigenvalue weighted by atomic mass is 32.2. The first kappa shape index (κ1) is 11.7. The molecule has 5 heteroatoms. The monoisotopic (exact) mass is 248 g/mol. The Morgan fingerprint density at radius 1 is 1.35 bits per heavy atom. The van der Waals surface area contributed by atoms with Gasteiger partial charge in [-0.15, -0.1) is 0 Å². The van der Waals surface area contributed by atoms with Crippen molar-refractivity contribution in [2.24, 2.45) is 7.05 Å². The summed E-state index contributed by atoms with van der Waals surface area (Å²) >= 11 is 1.43. The molecule has 0 amide bonds. The average molecular weight is 248 g/mol. The lowest BCUT2D eigenvalue weighted by Crippen LogP contribution is -2.01. The first-order valence-electron chi connectivity index (χ1n) is 5.04. The smallest absolute Gasteiger partial charge is 0.356 e. The van der Waals surface area contributed by atoms with Gasteiger partial charge >= 0.3 is 5.97 Å². The van der Waals surface area contributed by atoms with Crippen LogP contribution in [0.5, 0.6) is 0 Å². The maximum absolute atomic E-state index is 11.2. The summed E-state index contributed by atoms with van der Waals surface area (Å²) in [6.45, 7) is 0. The number of aromatic nitrogens is 2. The lowest BCUT2D eigenvalue weighted by Gasteiger charge is -2.04. The maximum atomic E-state index is 11.2. The Labute approximate surface area is 103 Å². The quantitative estimate of drug-likeness (QED) is 0.848. The van der Waals surface area contributed by atoms with E-state index in [0.29, 0.717) is 10.9 Å². The van der Waals surface area contributed by atoms with Gasteiger partial charge in [0, 0.05) is 12.6 Å². The third-order valence-electron chi connectivity index (χ3n) is 2.49. The van der Waals surface area contributed by atoms with Crippen LogP contribution in [0.1, 0.15) is 10.5 Å². The molecule has 2 rings (SSSR count). The average Bonchev–Trinajstić information content (AvgIpc) is 2.67. The summed E-state index contributed by atoms with van der Waals surface area (Å²) in [7, 11) is 1.83. The van der Waals surface area contributed by atoms with E-state index in [2.05, 4.69) is 4.98 Å². The van der Waals surface area contributed by atoms with Crippen molar-refractivity contribution in [2.45, 2.75) is 5.16 Å². The Morgan fingerprint density at radius 2 is 2.00 bits per heavy atom. The van der Waals surface area contributed by atoms with Gasteiger partial charge in [0.15, 0.2) is 10.9 Å². The Morgan fingerprint density at radius 3 is 2.53 bits per heavy atom. The third-order valence-corrected chi connectivity index (χ3v) is 3.22. The van der Waals surface area contributed by atoms with Crippen molar-refractivity contribution >= 4 is 17.7 Å². The van der Waals surface area contributed by atoms with Crippen LogP contribution in [0.4, 0.5) is 0 Å². The molecule has 0 aliphatic heterocycles. The van der Waals surface area contributed by atoms with Crippen LogP contribution in [-0.4, -0.2) is 26.9 Å². The Balaban J connectivity index is 2.67. The highest BCUT2D eigenvalue weighted by Gasteiger charge is 2.20. The van der Waals surface area contributed by atoms with E-state index >= 15 is 0 Å². The normalized spacial score (nSPS) is 10.5. The SMILES string of the molecule is CSc1nc(C(=O)O)c(-c2ccccc2)n1C. The Bertz CT molecular complexity index is 549. The number of hydrogen-bond donors (Lipinski definition) is 1. The molecule has 0 fully saturated rings. The number of imidazole rings is 1. The van der Waals surface area contributed by atoms with Crippen molar-refractivity contribution in [3.63, 3.8) is 0 Å². The summed E-state index contributed by atoms with van der Waals surface area (Å²) in [6, 6.07) is 9.43. The zero-order chi connectivity index (χ0) is 12.4. The molecule has 0 saturated heterocycles. The molecule has 0 aliphatic rings. The van der Waals surface area contributed by atoms with Crippen molar-refractivity contribution in [3.05, 3.63) is 36.0 Å². The number of nitrogens with zero attached hydrogens (tertiary/aromatic N) is 2. The zero-order valence-corrected chi connectivity index (χ0v) is 10.4. The number of aromatic carboxylic acids is 1. The van der Waals surface area contributed by atoms with Gasteiger partial charge in [0.1, 0.15) is 0 Å². The van der Waals surface area contributed by atoms with Gasteiger partial charge < -0.3 is 9.67 Å². The van der Waals surface area contributed by atoms with Crippen molar-refractivity contribution in [1.29, 1.82) is 0 Å². The number of rotatable bonds is 3. The van der Waals surface area contributed by atoms with Crippen LogP contribution in [-0.2, 0) is 7.05 Å². The van der Waals surface area contributed by atoms with E-state index in [1.54, 1.807) is 0 Å². The van der Waals surface area contributed by atoms with Crippen LogP contribution in [0.15, 0.2) is 35.5 Å². The van der Waals surface area contributed by atoms with E-state index in [0.717, 1.165) is 5.56 Å². The van der Waals surface area contributed by atoms with Crippen LogP contribution in [0.25, 0.3) is 11.3 Å². The molecule has 0 atom stereocenters. The number of thioether (sulfide) groups is 1. The Kier molecular flexibility index (Phi) is 3.19. The molecule has 1 heterocycles. The molecule has 1 N–H and O–H groups in total. The summed E-state index contributed by atoms with van der Waals surface area (Å²) < 4.78 is 1.81. The molecule has 2 aromatic rings. The molecule has 0 saturated carbocycles. The van der Waals surface area contributed by atoms with Crippen molar-refractivity contribution < 1.29 is 9.90 Å². The van der Waals surface area contributed by atoms with E-state index in [-0.39, 0.29) is 5.69 Å². The number of benzene rings is 1. The van der Waals surface area contributed by atoms with Crippen LogP contribution >= 0.6 is 11.8 Å². The first-order chi connectivity index (χ1) is 8.15. The molecule has 4 nitrogen and oxygen atoms in total. The fraction of sp³-hybridized carbons (Fsp3) is 0.167. The fourth-order valence-corrected chi connectivity index (χ4v) is 2.28. The minimum Gasteiger partial charge on any atom is -0.476 e. The minimum absolute atomic E-state index is 0.100. The van der Waals surface area contributed by atoms with Gasteiger partial charge in [-0.1, -0.05) is 42.1 Å². The second-order valence-corrected chi connectivity index (χ2v) is 4.30.